The van der Waals surface area contributed by atoms with Crippen LogP contribution in [0, 0.1) is 0 Å². The molecule has 0 aliphatic carbocycles. The number of fused-ring (bicyclic) bond motifs is 3. The van der Waals surface area contributed by atoms with Gasteiger partial charge in [-0.05, 0) is 31.9 Å². The van der Waals surface area contributed by atoms with Crippen LogP contribution in [0.1, 0.15) is 25.8 Å². The van der Waals surface area contributed by atoms with Crippen LogP contribution in [0.15, 0.2) is 36.9 Å². The van der Waals surface area contributed by atoms with Crippen LogP contribution < -0.4 is 4.90 Å². The first-order valence-electron chi connectivity index (χ1n) is 7.12. The molecule has 2 heterocycles. The van der Waals surface area contributed by atoms with Gasteiger partial charge in [0.2, 0.25) is 0 Å². The van der Waals surface area contributed by atoms with Gasteiger partial charge < -0.3 is 4.74 Å². The molecule has 0 radical (unpaired) electrons. The Balaban J connectivity index is 1.99. The van der Waals surface area contributed by atoms with E-state index < -0.39 is 5.97 Å². The molecule has 3 rings (SSSR count). The highest BCUT2D eigenvalue weighted by atomic mass is 32.1. The third kappa shape index (κ3) is 2.04. The van der Waals surface area contributed by atoms with Crippen molar-refractivity contribution in [2.45, 2.75) is 25.7 Å². The van der Waals surface area contributed by atoms with Gasteiger partial charge in [0.15, 0.2) is 4.86 Å². The number of nitrogens with zero attached hydrogens (tertiary/aromatic N) is 1. The predicted octanol–water partition coefficient (Wildman–Crippen LogP) is 2.48. The number of para-hydroxylation sites is 1. The lowest BCUT2D eigenvalue weighted by Gasteiger charge is -2.19. The molecule has 114 valence electrons. The van der Waals surface area contributed by atoms with Gasteiger partial charge in [0.25, 0.3) is 5.91 Å². The van der Waals surface area contributed by atoms with E-state index in [0.717, 1.165) is 16.2 Å². The smallest absolute Gasteiger partial charge is 0.354 e. The predicted molar refractivity (Wildman–Crippen MR) is 90.3 cm³/mol. The third-order valence-electron chi connectivity index (χ3n) is 3.89. The Hall–Kier alpha value is -2.14. The van der Waals surface area contributed by atoms with Crippen molar-refractivity contribution < 1.29 is 14.3 Å². The summed E-state index contributed by atoms with van der Waals surface area (Å²) < 4.78 is 5.13. The maximum atomic E-state index is 12.6. The molecule has 1 aromatic rings. The molecule has 0 saturated carbocycles. The largest absolute Gasteiger partial charge is 0.461 e. The maximum Gasteiger partial charge on any atom is 0.354 e. The van der Waals surface area contributed by atoms with Gasteiger partial charge in [-0.1, -0.05) is 24.3 Å². The van der Waals surface area contributed by atoms with Crippen molar-refractivity contribution >= 4 is 38.4 Å². The van der Waals surface area contributed by atoms with Crippen LogP contribution in [-0.2, 0) is 19.7 Å². The fourth-order valence-electron chi connectivity index (χ4n) is 2.75. The number of anilines is 1. The zero-order chi connectivity index (χ0) is 15.9. The van der Waals surface area contributed by atoms with E-state index in [1.54, 1.807) is 11.0 Å². The standard InChI is InChI=1S/C17H17NO3S/c1-4-5-10-21-15(20)13-14(19)18-12-9-7-6-8-11(12)17(2,3)16(18)22-13/h4,6-9H,1,5,10H2,2-3H3. The lowest BCUT2D eigenvalue weighted by molar-refractivity contribution is -0.135. The Morgan fingerprint density at radius 2 is 2.14 bits per heavy atom. The number of amides is 1. The molecule has 0 aromatic heterocycles. The molecule has 0 spiro atoms. The van der Waals surface area contributed by atoms with Crippen LogP contribution in [0.5, 0.6) is 0 Å². The molecule has 0 fully saturated rings. The summed E-state index contributed by atoms with van der Waals surface area (Å²) in [5.74, 6) is -0.839. The fourth-order valence-corrected chi connectivity index (χ4v) is 3.90. The van der Waals surface area contributed by atoms with Gasteiger partial charge >= 0.3 is 5.97 Å². The quantitative estimate of drug-likeness (QED) is 0.371. The van der Waals surface area contributed by atoms with Crippen molar-refractivity contribution in [2.75, 3.05) is 11.5 Å². The van der Waals surface area contributed by atoms with E-state index in [2.05, 4.69) is 20.4 Å². The second-order valence-corrected chi connectivity index (χ2v) is 6.73. The summed E-state index contributed by atoms with van der Waals surface area (Å²) in [7, 11) is 1.23. The van der Waals surface area contributed by atoms with Crippen LogP contribution in [0.25, 0.3) is 0 Å². The van der Waals surface area contributed by atoms with Crippen LogP contribution in [-0.4, -0.2) is 28.3 Å². The van der Waals surface area contributed by atoms with Crippen molar-refractivity contribution in [1.82, 2.24) is 0 Å². The normalized spacial score (nSPS) is 17.9. The molecule has 0 saturated heterocycles. The summed E-state index contributed by atoms with van der Waals surface area (Å²) in [5.41, 5.74) is 1.67. The maximum absolute atomic E-state index is 12.6. The lowest BCUT2D eigenvalue weighted by Crippen LogP contribution is -2.40. The number of carbonyl (C=O) groups is 2. The second kappa shape index (κ2) is 5.25. The molecule has 0 unspecified atom stereocenters. The van der Waals surface area contributed by atoms with Gasteiger partial charge in [0.05, 0.1) is 17.3 Å². The lowest BCUT2D eigenvalue weighted by atomic mass is 9.87. The van der Waals surface area contributed by atoms with E-state index >= 15 is 0 Å². The van der Waals surface area contributed by atoms with Gasteiger partial charge in [0.1, 0.15) is 0 Å². The first kappa shape index (κ1) is 14.8. The minimum atomic E-state index is -0.549. The average molecular weight is 315 g/mol. The Labute approximate surface area is 132 Å². The number of ether oxygens (including phenoxy) is 1. The molecule has 0 atom stereocenters. The molecule has 22 heavy (non-hydrogen) atoms. The van der Waals surface area contributed by atoms with E-state index in [1.807, 2.05) is 24.3 Å². The van der Waals surface area contributed by atoms with Gasteiger partial charge in [-0.15, -0.1) is 17.5 Å². The Morgan fingerprint density at radius 3 is 2.86 bits per heavy atom. The molecule has 1 aromatic carbocycles. The van der Waals surface area contributed by atoms with Crippen LogP contribution in [0.2, 0.25) is 0 Å². The molecule has 0 N–H and O–H groups in total. The zero-order valence-electron chi connectivity index (χ0n) is 12.6. The zero-order valence-corrected chi connectivity index (χ0v) is 13.4. The molecule has 2 aliphatic heterocycles. The van der Waals surface area contributed by atoms with Gasteiger partial charge in [-0.2, -0.15) is 0 Å². The van der Waals surface area contributed by atoms with Gasteiger partial charge in [-0.3, -0.25) is 9.69 Å². The summed E-state index contributed by atoms with van der Waals surface area (Å²) in [6.07, 6.45) is 2.25. The monoisotopic (exact) mass is 315 g/mol. The van der Waals surface area contributed by atoms with E-state index in [4.69, 9.17) is 4.74 Å². The number of hydrogen-bond donors (Lipinski definition) is 0. The Kier molecular flexibility index (Phi) is 3.53. The molecular formula is C17H17NO3S. The summed E-state index contributed by atoms with van der Waals surface area (Å²) in [4.78, 5) is 27.4. The van der Waals surface area contributed by atoms with Crippen molar-refractivity contribution in [3.05, 3.63) is 42.5 Å². The number of rotatable bonds is 4. The molecule has 5 heteroatoms. The van der Waals surface area contributed by atoms with E-state index in [-0.39, 0.29) is 22.8 Å². The van der Waals surface area contributed by atoms with E-state index in [9.17, 15) is 9.59 Å². The van der Waals surface area contributed by atoms with Crippen molar-refractivity contribution in [2.24, 2.45) is 0 Å². The summed E-state index contributed by atoms with van der Waals surface area (Å²) in [5, 5.41) is 0. The third-order valence-corrected chi connectivity index (χ3v) is 5.32. The van der Waals surface area contributed by atoms with Crippen molar-refractivity contribution in [3.8, 4) is 0 Å². The van der Waals surface area contributed by atoms with Crippen LogP contribution >= 0.6 is 10.9 Å². The number of esters is 1. The first-order chi connectivity index (χ1) is 10.5. The number of carbonyl (C=O) groups excluding carboxylic acids is 2. The van der Waals surface area contributed by atoms with Crippen LogP contribution in [0.3, 0.4) is 0 Å². The minimum Gasteiger partial charge on any atom is -0.461 e. The molecule has 2 aliphatic rings. The van der Waals surface area contributed by atoms with E-state index in [0.29, 0.717) is 6.42 Å². The Bertz CT molecular complexity index is 757. The molecular weight excluding hydrogens is 298 g/mol. The van der Waals surface area contributed by atoms with Crippen molar-refractivity contribution in [3.63, 3.8) is 0 Å². The molecule has 4 nitrogen and oxygen atoms in total. The second-order valence-electron chi connectivity index (χ2n) is 5.73. The molecule has 1 amide bonds. The highest BCUT2D eigenvalue weighted by molar-refractivity contribution is 8.02. The van der Waals surface area contributed by atoms with Gasteiger partial charge in [-0.25, -0.2) is 4.79 Å². The highest BCUT2D eigenvalue weighted by Gasteiger charge is 2.48. The topological polar surface area (TPSA) is 46.6 Å². The number of hydrogen-bond acceptors (Lipinski definition) is 3. The summed E-state index contributed by atoms with van der Waals surface area (Å²) >= 11 is 0. The fraction of sp³-hybridized carbons (Fsp3) is 0.294. The van der Waals surface area contributed by atoms with Crippen molar-refractivity contribution in [1.29, 1.82) is 0 Å². The summed E-state index contributed by atoms with van der Waals surface area (Å²) in [6.45, 7) is 7.95. The van der Waals surface area contributed by atoms with E-state index in [1.165, 1.54) is 10.9 Å². The summed E-state index contributed by atoms with van der Waals surface area (Å²) in [6, 6.07) is 7.80. The number of benzene rings is 1. The highest BCUT2D eigenvalue weighted by Crippen LogP contribution is 2.44. The van der Waals surface area contributed by atoms with Gasteiger partial charge in [0, 0.05) is 5.41 Å². The Morgan fingerprint density at radius 1 is 1.41 bits per heavy atom. The average Bonchev–Trinajstić information content (AvgIpc) is 2.95. The SMILES string of the molecule is C=CCCOC(=O)C1=S=C2N(C1=O)c1ccccc1C2(C)C. The minimum absolute atomic E-state index is 0.140. The van der Waals surface area contributed by atoms with Crippen LogP contribution in [0.4, 0.5) is 5.69 Å². The first-order valence-corrected chi connectivity index (χ1v) is 7.94. The molecule has 0 bridgehead atoms.